The van der Waals surface area contributed by atoms with E-state index in [0.29, 0.717) is 13.2 Å². The minimum Gasteiger partial charge on any atom is -0.383 e. The molecule has 7 nitrogen and oxygen atoms in total. The number of ether oxygens (including phenoxy) is 2. The van der Waals surface area contributed by atoms with Crippen molar-refractivity contribution in [2.45, 2.75) is 13.0 Å². The number of hydrogen-bond acceptors (Lipinski definition) is 5. The summed E-state index contributed by atoms with van der Waals surface area (Å²) in [6, 6.07) is -0.299. The van der Waals surface area contributed by atoms with E-state index in [2.05, 4.69) is 4.72 Å². The molecule has 3 N–H and O–H groups in total. The van der Waals surface area contributed by atoms with Gasteiger partial charge >= 0.3 is 0 Å². The molecule has 0 fully saturated rings. The number of nitrogens with zero attached hydrogens (tertiary/aromatic N) is 1. The molecule has 0 radical (unpaired) electrons. The topological polar surface area (TPSA) is 93.9 Å². The van der Waals surface area contributed by atoms with Gasteiger partial charge in [0.05, 0.1) is 13.2 Å². The summed E-state index contributed by atoms with van der Waals surface area (Å²) >= 11 is 0. The van der Waals surface area contributed by atoms with Crippen LogP contribution < -0.4 is 10.5 Å². The number of rotatable bonds is 10. The Bertz CT molecular complexity index is 276. The van der Waals surface area contributed by atoms with Crippen molar-refractivity contribution in [1.29, 1.82) is 0 Å². The van der Waals surface area contributed by atoms with E-state index in [1.807, 2.05) is 0 Å². The fraction of sp³-hybridized carbons (Fsp3) is 1.00. The number of nitrogens with one attached hydrogen (secondary N) is 1. The number of hydrogen-bond donors (Lipinski definition) is 2. The van der Waals surface area contributed by atoms with Gasteiger partial charge in [0.15, 0.2) is 0 Å². The van der Waals surface area contributed by atoms with Crippen molar-refractivity contribution in [3.05, 3.63) is 0 Å². The molecular formula is C9H23N3O4S. The van der Waals surface area contributed by atoms with Crippen LogP contribution in [0.5, 0.6) is 0 Å². The van der Waals surface area contributed by atoms with Gasteiger partial charge in [-0.15, -0.1) is 0 Å². The molecule has 104 valence electrons. The van der Waals surface area contributed by atoms with Crippen molar-refractivity contribution in [3.63, 3.8) is 0 Å². The zero-order valence-corrected chi connectivity index (χ0v) is 11.5. The molecule has 0 aromatic rings. The van der Waals surface area contributed by atoms with Crippen molar-refractivity contribution in [2.75, 3.05) is 47.1 Å². The van der Waals surface area contributed by atoms with Gasteiger partial charge in [0.2, 0.25) is 0 Å². The molecule has 0 aromatic heterocycles. The van der Waals surface area contributed by atoms with Crippen LogP contribution in [0, 0.1) is 0 Å². The fourth-order valence-electron chi connectivity index (χ4n) is 1.12. The second kappa shape index (κ2) is 8.78. The third kappa shape index (κ3) is 6.92. The molecule has 0 heterocycles. The molecule has 0 spiro atoms. The van der Waals surface area contributed by atoms with E-state index in [1.165, 1.54) is 18.5 Å². The first kappa shape index (κ1) is 16.8. The summed E-state index contributed by atoms with van der Waals surface area (Å²) in [4.78, 5) is 0. The minimum absolute atomic E-state index is 0.252. The monoisotopic (exact) mass is 269 g/mol. The van der Waals surface area contributed by atoms with Crippen molar-refractivity contribution in [1.82, 2.24) is 9.03 Å². The van der Waals surface area contributed by atoms with Gasteiger partial charge in [-0.25, -0.2) is 0 Å². The predicted molar refractivity (Wildman–Crippen MR) is 65.9 cm³/mol. The summed E-state index contributed by atoms with van der Waals surface area (Å²) in [7, 11) is -0.485. The fourth-order valence-corrected chi connectivity index (χ4v) is 2.50. The van der Waals surface area contributed by atoms with Crippen LogP contribution in [-0.2, 0) is 19.7 Å². The average Bonchev–Trinajstić information content (AvgIpc) is 2.28. The van der Waals surface area contributed by atoms with Gasteiger partial charge < -0.3 is 15.2 Å². The van der Waals surface area contributed by atoms with Gasteiger partial charge in [-0.2, -0.15) is 17.4 Å². The summed E-state index contributed by atoms with van der Waals surface area (Å²) < 4.78 is 37.4. The van der Waals surface area contributed by atoms with Gasteiger partial charge in [0, 0.05) is 39.9 Å². The van der Waals surface area contributed by atoms with Crippen LogP contribution in [0.3, 0.4) is 0 Å². The lowest BCUT2D eigenvalue weighted by molar-refractivity contribution is 0.149. The first-order valence-corrected chi connectivity index (χ1v) is 6.87. The molecule has 0 aliphatic carbocycles. The first-order valence-electron chi connectivity index (χ1n) is 5.43. The van der Waals surface area contributed by atoms with Crippen LogP contribution in [0.2, 0.25) is 0 Å². The van der Waals surface area contributed by atoms with Crippen molar-refractivity contribution < 1.29 is 17.9 Å². The summed E-state index contributed by atoms with van der Waals surface area (Å²) in [5, 5.41) is 0. The summed E-state index contributed by atoms with van der Waals surface area (Å²) in [6.07, 6.45) is 0. The maximum Gasteiger partial charge on any atom is 0.279 e. The minimum atomic E-state index is -3.53. The quantitative estimate of drug-likeness (QED) is 0.517. The van der Waals surface area contributed by atoms with Crippen LogP contribution in [0.1, 0.15) is 6.92 Å². The van der Waals surface area contributed by atoms with Crippen molar-refractivity contribution in [2.24, 2.45) is 5.73 Å². The zero-order valence-electron chi connectivity index (χ0n) is 10.7. The van der Waals surface area contributed by atoms with Gasteiger partial charge in [0.25, 0.3) is 10.2 Å². The molecule has 0 amide bonds. The van der Waals surface area contributed by atoms with E-state index in [9.17, 15) is 8.42 Å². The van der Waals surface area contributed by atoms with Gasteiger partial charge in [-0.3, -0.25) is 0 Å². The zero-order chi connectivity index (χ0) is 13.3. The van der Waals surface area contributed by atoms with Crippen LogP contribution in [0.25, 0.3) is 0 Å². The summed E-state index contributed by atoms with van der Waals surface area (Å²) in [5.41, 5.74) is 5.38. The van der Waals surface area contributed by atoms with Crippen molar-refractivity contribution >= 4 is 10.2 Å². The molecule has 0 rings (SSSR count). The predicted octanol–water partition coefficient (Wildman–Crippen LogP) is -1.24. The lowest BCUT2D eigenvalue weighted by Gasteiger charge is -2.23. The molecule has 0 aliphatic heterocycles. The maximum absolute atomic E-state index is 12.0. The van der Waals surface area contributed by atoms with Gasteiger partial charge in [-0.1, -0.05) is 0 Å². The highest BCUT2D eigenvalue weighted by molar-refractivity contribution is 7.87. The normalized spacial score (nSPS) is 14.2. The highest BCUT2D eigenvalue weighted by Gasteiger charge is 2.22. The lowest BCUT2D eigenvalue weighted by Crippen LogP contribution is -2.48. The number of nitrogens with two attached hydrogens (primary N) is 1. The Hall–Kier alpha value is -0.250. The highest BCUT2D eigenvalue weighted by atomic mass is 32.2. The van der Waals surface area contributed by atoms with Gasteiger partial charge in [-0.05, 0) is 6.92 Å². The SMILES string of the molecule is COCCN(CCOC)S(=O)(=O)N[C@@H](C)CN. The standard InChI is InChI=1S/C9H23N3O4S/c1-9(8-10)11-17(13,14)12(4-6-15-2)5-7-16-3/h9,11H,4-8,10H2,1-3H3/t9-/m0/s1. The lowest BCUT2D eigenvalue weighted by atomic mass is 10.4. The van der Waals surface area contributed by atoms with Crippen LogP contribution in [0.4, 0.5) is 0 Å². The average molecular weight is 269 g/mol. The Morgan fingerprint density at radius 2 is 1.71 bits per heavy atom. The Morgan fingerprint density at radius 1 is 1.24 bits per heavy atom. The third-order valence-corrected chi connectivity index (χ3v) is 3.88. The Kier molecular flexibility index (Phi) is 8.66. The molecule has 0 aromatic carbocycles. The van der Waals surface area contributed by atoms with Gasteiger partial charge in [0.1, 0.15) is 0 Å². The first-order chi connectivity index (χ1) is 7.97. The maximum atomic E-state index is 12.0. The molecule has 0 bridgehead atoms. The molecule has 0 saturated heterocycles. The number of methoxy groups -OCH3 is 2. The van der Waals surface area contributed by atoms with Crippen LogP contribution in [-0.4, -0.2) is 65.8 Å². The Balaban J connectivity index is 4.51. The van der Waals surface area contributed by atoms with E-state index in [0.717, 1.165) is 0 Å². The highest BCUT2D eigenvalue weighted by Crippen LogP contribution is 1.99. The molecule has 17 heavy (non-hydrogen) atoms. The van der Waals surface area contributed by atoms with Crippen LogP contribution in [0.15, 0.2) is 0 Å². The molecule has 1 atom stereocenters. The smallest absolute Gasteiger partial charge is 0.279 e. The van der Waals surface area contributed by atoms with E-state index < -0.39 is 10.2 Å². The van der Waals surface area contributed by atoms with E-state index in [4.69, 9.17) is 15.2 Å². The third-order valence-electron chi connectivity index (χ3n) is 2.13. The molecule has 0 unspecified atom stereocenters. The van der Waals surface area contributed by atoms with E-state index in [-0.39, 0.29) is 25.7 Å². The molecule has 8 heteroatoms. The summed E-state index contributed by atoms with van der Waals surface area (Å²) in [5.74, 6) is 0. The van der Waals surface area contributed by atoms with Crippen molar-refractivity contribution in [3.8, 4) is 0 Å². The Morgan fingerprint density at radius 3 is 2.06 bits per heavy atom. The molecule has 0 saturated carbocycles. The van der Waals surface area contributed by atoms with E-state index in [1.54, 1.807) is 6.92 Å². The van der Waals surface area contributed by atoms with E-state index >= 15 is 0 Å². The van der Waals surface area contributed by atoms with Crippen LogP contribution >= 0.6 is 0 Å². The summed E-state index contributed by atoms with van der Waals surface area (Å²) in [6.45, 7) is 3.20. The second-order valence-corrected chi connectivity index (χ2v) is 5.35. The largest absolute Gasteiger partial charge is 0.383 e. The molecule has 0 aliphatic rings. The molecular weight excluding hydrogens is 246 g/mol. The second-order valence-electron chi connectivity index (χ2n) is 3.64. The Labute approximate surface area is 103 Å².